The van der Waals surface area contributed by atoms with Crippen LogP contribution in [-0.2, 0) is 0 Å². The standard InChI is InChI=1S/C14H11ClN4O/c1-8-3-2-4-12(17-8)13-18-14(20-19-13)10-6-5-9(16)7-11(10)15/h2-7H,16H2,1H3. The van der Waals surface area contributed by atoms with Crippen LogP contribution in [0.3, 0.4) is 0 Å². The quantitative estimate of drug-likeness (QED) is 0.731. The molecule has 100 valence electrons. The van der Waals surface area contributed by atoms with Crippen LogP contribution in [-0.4, -0.2) is 15.1 Å². The third-order valence-corrected chi connectivity index (χ3v) is 3.08. The van der Waals surface area contributed by atoms with Crippen molar-refractivity contribution in [3.8, 4) is 23.0 Å². The van der Waals surface area contributed by atoms with Crippen molar-refractivity contribution in [2.24, 2.45) is 0 Å². The third-order valence-electron chi connectivity index (χ3n) is 2.77. The summed E-state index contributed by atoms with van der Waals surface area (Å²) in [6.07, 6.45) is 0. The number of nitrogen functional groups attached to an aromatic ring is 1. The Bertz CT molecular complexity index is 769. The van der Waals surface area contributed by atoms with E-state index in [2.05, 4.69) is 15.1 Å². The molecule has 0 unspecified atom stereocenters. The molecule has 0 aliphatic rings. The lowest BCUT2D eigenvalue weighted by molar-refractivity contribution is 0.432. The zero-order valence-electron chi connectivity index (χ0n) is 10.7. The van der Waals surface area contributed by atoms with E-state index >= 15 is 0 Å². The molecule has 3 aromatic rings. The van der Waals surface area contributed by atoms with Crippen LogP contribution >= 0.6 is 11.6 Å². The summed E-state index contributed by atoms with van der Waals surface area (Å²) in [6, 6.07) is 10.7. The van der Waals surface area contributed by atoms with E-state index in [0.29, 0.717) is 33.7 Å². The van der Waals surface area contributed by atoms with Crippen LogP contribution in [0.1, 0.15) is 5.69 Å². The largest absolute Gasteiger partial charge is 0.399 e. The van der Waals surface area contributed by atoms with Gasteiger partial charge >= 0.3 is 0 Å². The average molecular weight is 287 g/mol. The smallest absolute Gasteiger partial charge is 0.259 e. The van der Waals surface area contributed by atoms with Gasteiger partial charge in [0, 0.05) is 11.4 Å². The monoisotopic (exact) mass is 286 g/mol. The number of aryl methyl sites for hydroxylation is 1. The third kappa shape index (κ3) is 2.35. The molecule has 2 N–H and O–H groups in total. The van der Waals surface area contributed by atoms with Crippen LogP contribution in [0, 0.1) is 6.92 Å². The summed E-state index contributed by atoms with van der Waals surface area (Å²) in [5.41, 5.74) is 8.43. The molecule has 3 rings (SSSR count). The highest BCUT2D eigenvalue weighted by molar-refractivity contribution is 6.33. The Morgan fingerprint density at radius 1 is 1.15 bits per heavy atom. The minimum atomic E-state index is 0.341. The van der Waals surface area contributed by atoms with Crippen molar-refractivity contribution in [1.29, 1.82) is 0 Å². The van der Waals surface area contributed by atoms with Gasteiger partial charge in [0.25, 0.3) is 5.89 Å². The molecular formula is C14H11ClN4O. The van der Waals surface area contributed by atoms with E-state index in [-0.39, 0.29) is 0 Å². The number of benzene rings is 1. The lowest BCUT2D eigenvalue weighted by Crippen LogP contribution is -1.88. The average Bonchev–Trinajstić information content (AvgIpc) is 2.88. The van der Waals surface area contributed by atoms with Gasteiger partial charge in [-0.15, -0.1) is 0 Å². The van der Waals surface area contributed by atoms with Gasteiger partial charge < -0.3 is 10.3 Å². The van der Waals surface area contributed by atoms with Crippen molar-refractivity contribution in [3.63, 3.8) is 0 Å². The van der Waals surface area contributed by atoms with Gasteiger partial charge in [-0.05, 0) is 37.3 Å². The molecule has 0 fully saturated rings. The number of nitrogens with two attached hydrogens (primary N) is 1. The Morgan fingerprint density at radius 2 is 2.00 bits per heavy atom. The predicted molar refractivity (Wildman–Crippen MR) is 77.1 cm³/mol. The molecule has 0 spiro atoms. The first-order valence-corrected chi connectivity index (χ1v) is 6.34. The second-order valence-corrected chi connectivity index (χ2v) is 4.73. The van der Waals surface area contributed by atoms with E-state index in [9.17, 15) is 0 Å². The molecule has 0 saturated carbocycles. The Labute approximate surface area is 120 Å². The van der Waals surface area contributed by atoms with Gasteiger partial charge in [0.05, 0.1) is 10.6 Å². The fourth-order valence-corrected chi connectivity index (χ4v) is 2.08. The number of halogens is 1. The van der Waals surface area contributed by atoms with Crippen molar-refractivity contribution in [2.45, 2.75) is 6.92 Å². The summed E-state index contributed by atoms with van der Waals surface area (Å²) in [5.74, 6) is 0.768. The summed E-state index contributed by atoms with van der Waals surface area (Å²) in [6.45, 7) is 1.90. The molecule has 2 aromatic heterocycles. The molecule has 20 heavy (non-hydrogen) atoms. The molecular weight excluding hydrogens is 276 g/mol. The number of rotatable bonds is 2. The van der Waals surface area contributed by atoms with Crippen molar-refractivity contribution < 1.29 is 4.52 Å². The zero-order chi connectivity index (χ0) is 14.1. The van der Waals surface area contributed by atoms with Crippen molar-refractivity contribution in [3.05, 3.63) is 47.1 Å². The maximum atomic E-state index is 6.12. The number of aromatic nitrogens is 3. The van der Waals surface area contributed by atoms with Gasteiger partial charge in [0.1, 0.15) is 5.69 Å². The van der Waals surface area contributed by atoms with E-state index < -0.39 is 0 Å². The van der Waals surface area contributed by atoms with E-state index in [1.165, 1.54) is 0 Å². The maximum Gasteiger partial charge on any atom is 0.259 e. The Hall–Kier alpha value is -2.40. The molecule has 0 aliphatic carbocycles. The van der Waals surface area contributed by atoms with Gasteiger partial charge in [0.15, 0.2) is 0 Å². The van der Waals surface area contributed by atoms with Gasteiger partial charge in [0.2, 0.25) is 5.82 Å². The van der Waals surface area contributed by atoms with Crippen LogP contribution in [0.2, 0.25) is 5.02 Å². The molecule has 6 heteroatoms. The molecule has 0 amide bonds. The lowest BCUT2D eigenvalue weighted by Gasteiger charge is -1.99. The van der Waals surface area contributed by atoms with Gasteiger partial charge in [-0.3, -0.25) is 0 Å². The number of anilines is 1. The van der Waals surface area contributed by atoms with Crippen LogP contribution in [0.4, 0.5) is 5.69 Å². The second-order valence-electron chi connectivity index (χ2n) is 4.33. The van der Waals surface area contributed by atoms with E-state index in [0.717, 1.165) is 5.69 Å². The summed E-state index contributed by atoms with van der Waals surface area (Å²) < 4.78 is 5.24. The molecule has 0 atom stereocenters. The van der Waals surface area contributed by atoms with Crippen molar-refractivity contribution in [1.82, 2.24) is 15.1 Å². The minimum absolute atomic E-state index is 0.341. The van der Waals surface area contributed by atoms with Crippen LogP contribution in [0.5, 0.6) is 0 Å². The fourth-order valence-electron chi connectivity index (χ4n) is 1.81. The number of hydrogen-bond donors (Lipinski definition) is 1. The second kappa shape index (κ2) is 4.94. The first-order chi connectivity index (χ1) is 9.63. The van der Waals surface area contributed by atoms with E-state index in [4.69, 9.17) is 21.9 Å². The highest BCUT2D eigenvalue weighted by Gasteiger charge is 2.14. The summed E-state index contributed by atoms with van der Waals surface area (Å²) in [5, 5.41) is 4.40. The van der Waals surface area contributed by atoms with Gasteiger partial charge in [-0.1, -0.05) is 22.8 Å². The molecule has 2 heterocycles. The molecule has 1 aromatic carbocycles. The molecule has 0 radical (unpaired) electrons. The summed E-state index contributed by atoms with van der Waals surface area (Å²) >= 11 is 6.12. The fraction of sp³-hybridized carbons (Fsp3) is 0.0714. The SMILES string of the molecule is Cc1cccc(-c2noc(-c3ccc(N)cc3Cl)n2)n1. The Morgan fingerprint density at radius 3 is 2.75 bits per heavy atom. The lowest BCUT2D eigenvalue weighted by atomic mass is 10.2. The zero-order valence-corrected chi connectivity index (χ0v) is 11.4. The molecule has 5 nitrogen and oxygen atoms in total. The maximum absolute atomic E-state index is 6.12. The van der Waals surface area contributed by atoms with Gasteiger partial charge in [-0.2, -0.15) is 4.98 Å². The molecule has 0 saturated heterocycles. The highest BCUT2D eigenvalue weighted by atomic mass is 35.5. The van der Waals surface area contributed by atoms with Crippen molar-refractivity contribution >= 4 is 17.3 Å². The molecule has 0 bridgehead atoms. The molecule has 0 aliphatic heterocycles. The van der Waals surface area contributed by atoms with Gasteiger partial charge in [-0.25, -0.2) is 4.98 Å². The Balaban J connectivity index is 2.02. The topological polar surface area (TPSA) is 77.8 Å². The number of hydrogen-bond acceptors (Lipinski definition) is 5. The first-order valence-electron chi connectivity index (χ1n) is 5.96. The minimum Gasteiger partial charge on any atom is -0.399 e. The predicted octanol–water partition coefficient (Wildman–Crippen LogP) is 3.34. The Kier molecular flexibility index (Phi) is 3.12. The normalized spacial score (nSPS) is 10.7. The summed E-state index contributed by atoms with van der Waals surface area (Å²) in [7, 11) is 0. The highest BCUT2D eigenvalue weighted by Crippen LogP contribution is 2.29. The van der Waals surface area contributed by atoms with Crippen LogP contribution in [0.15, 0.2) is 40.9 Å². The summed E-state index contributed by atoms with van der Waals surface area (Å²) in [4.78, 5) is 8.67. The number of pyridine rings is 1. The van der Waals surface area contributed by atoms with Crippen LogP contribution in [0.25, 0.3) is 23.0 Å². The van der Waals surface area contributed by atoms with Crippen molar-refractivity contribution in [2.75, 3.05) is 5.73 Å². The first kappa shape index (κ1) is 12.6. The van der Waals surface area contributed by atoms with E-state index in [1.807, 2.05) is 25.1 Å². The number of nitrogens with zero attached hydrogens (tertiary/aromatic N) is 3. The van der Waals surface area contributed by atoms with E-state index in [1.54, 1.807) is 18.2 Å². The van der Waals surface area contributed by atoms with Crippen LogP contribution < -0.4 is 5.73 Å².